The van der Waals surface area contributed by atoms with Crippen molar-refractivity contribution in [2.24, 2.45) is 0 Å². The Labute approximate surface area is 443 Å². The van der Waals surface area contributed by atoms with Gasteiger partial charge in [-0.3, -0.25) is 4.79 Å². The van der Waals surface area contributed by atoms with Gasteiger partial charge in [-0.1, -0.05) is 132 Å². The lowest BCUT2D eigenvalue weighted by atomic mass is 9.92. The summed E-state index contributed by atoms with van der Waals surface area (Å²) < 4.78 is 54.8. The Morgan fingerprint density at radius 1 is 0.613 bits per heavy atom. The number of hydrogen-bond acceptors (Lipinski definition) is 15. The number of rotatable bonds is 28. The molecule has 16 heteroatoms. The van der Waals surface area contributed by atoms with E-state index in [0.717, 1.165) is 64.2 Å². The molecule has 0 spiro atoms. The maximum absolute atomic E-state index is 14.3. The third kappa shape index (κ3) is 22.2. The highest BCUT2D eigenvalue weighted by Crippen LogP contribution is 2.38. The molecular formula is C59H81NO15. The minimum atomic E-state index is -2.21. The molecule has 75 heavy (non-hydrogen) atoms. The molecule has 3 aromatic carbocycles. The molecule has 16 nitrogen and oxygen atoms in total. The van der Waals surface area contributed by atoms with Gasteiger partial charge >= 0.3 is 30.2 Å². The summed E-state index contributed by atoms with van der Waals surface area (Å²) in [5.74, 6) is -5.02. The molecule has 0 unspecified atom stereocenters. The maximum Gasteiger partial charge on any atom is 0.509 e. The molecule has 0 aliphatic carbocycles. The van der Waals surface area contributed by atoms with Gasteiger partial charge in [-0.25, -0.2) is 24.0 Å². The molecule has 1 saturated heterocycles. The number of ether oxygens (including phenoxy) is 9. The van der Waals surface area contributed by atoms with Crippen LogP contribution >= 0.6 is 0 Å². The number of carbonyl (C=O) groups excluding carboxylic acids is 6. The van der Waals surface area contributed by atoms with Crippen LogP contribution in [0.5, 0.6) is 0 Å². The molecule has 1 aliphatic rings. The first kappa shape index (κ1) is 61.3. The molecule has 0 bridgehead atoms. The standard InChI is InChI=1S/C59H81NO15/c1-10-12-14-16-18-20-31-39-48(61)60-45(46(38-30-19-17-15-13-11-2)69-52(62)42-32-24-21-25-33-42)40-68-59(9)51(72-54(64)44-36-28-23-29-37-44)50(70-53(63)43-34-26-22-27-35-43)49(71-56(66)75-58(6,7)8)47(73-59)41-67-55(65)74-57(3,4)5/h21-30,32-38,45-47,49-51H,10-20,31,39-41H2,1-9H3,(H,60,61)/b38-30+/t45-,46+,47+,49-,50-,51+,59-/m0/s1. The highest BCUT2D eigenvalue weighted by Gasteiger charge is 2.60. The van der Waals surface area contributed by atoms with Gasteiger partial charge < -0.3 is 47.9 Å². The number of hydrogen-bond donors (Lipinski definition) is 1. The van der Waals surface area contributed by atoms with E-state index in [2.05, 4.69) is 19.2 Å². The van der Waals surface area contributed by atoms with Crippen LogP contribution in [0.15, 0.2) is 103 Å². The average Bonchev–Trinajstić information content (AvgIpc) is 3.36. The van der Waals surface area contributed by atoms with Gasteiger partial charge in [0.1, 0.15) is 30.0 Å². The highest BCUT2D eigenvalue weighted by molar-refractivity contribution is 5.91. The molecule has 1 aliphatic heterocycles. The lowest BCUT2D eigenvalue weighted by Crippen LogP contribution is -2.68. The monoisotopic (exact) mass is 1040 g/mol. The third-order valence-electron chi connectivity index (χ3n) is 11.9. The van der Waals surface area contributed by atoms with E-state index in [0.29, 0.717) is 12.8 Å². The zero-order valence-electron chi connectivity index (χ0n) is 45.5. The minimum Gasteiger partial charge on any atom is -0.452 e. The number of allylic oxidation sites excluding steroid dienone is 1. The van der Waals surface area contributed by atoms with Crippen molar-refractivity contribution in [2.75, 3.05) is 13.2 Å². The number of carbonyl (C=O) groups is 6. The zero-order chi connectivity index (χ0) is 54.9. The van der Waals surface area contributed by atoms with Crippen molar-refractivity contribution in [1.29, 1.82) is 0 Å². The molecule has 0 saturated carbocycles. The van der Waals surface area contributed by atoms with E-state index >= 15 is 0 Å². The van der Waals surface area contributed by atoms with Crippen LogP contribution in [0.25, 0.3) is 0 Å². The summed E-state index contributed by atoms with van der Waals surface area (Å²) >= 11 is 0. The highest BCUT2D eigenvalue weighted by atomic mass is 16.8. The molecule has 1 N–H and O–H groups in total. The Morgan fingerprint density at radius 3 is 1.65 bits per heavy atom. The first-order valence-electron chi connectivity index (χ1n) is 26.5. The molecule has 4 rings (SSSR count). The SMILES string of the molecule is CCCCCC/C=C/[C@@H](OC(=O)c1ccccc1)[C@H](CO[C@@]1(C)O[C@H](COC(=O)OC(C)(C)C)[C@H](OC(=O)OC(C)(C)C)[C@H](OC(=O)c2ccccc2)[C@H]1OC(=O)c1ccccc1)NC(=O)CCCCCCCCC. The van der Waals surface area contributed by atoms with Crippen molar-refractivity contribution in [3.05, 3.63) is 120 Å². The van der Waals surface area contributed by atoms with Crippen molar-refractivity contribution >= 4 is 36.1 Å². The first-order chi connectivity index (χ1) is 35.7. The van der Waals surface area contributed by atoms with Crippen LogP contribution in [0.3, 0.4) is 0 Å². The van der Waals surface area contributed by atoms with Crippen molar-refractivity contribution in [3.8, 4) is 0 Å². The van der Waals surface area contributed by atoms with E-state index in [1.54, 1.807) is 114 Å². The molecule has 1 fully saturated rings. The lowest BCUT2D eigenvalue weighted by Gasteiger charge is -2.49. The Bertz CT molecular complexity index is 2240. The van der Waals surface area contributed by atoms with Gasteiger partial charge in [0.05, 0.1) is 29.3 Å². The van der Waals surface area contributed by atoms with Crippen LogP contribution in [-0.2, 0) is 47.4 Å². The van der Waals surface area contributed by atoms with E-state index in [1.807, 2.05) is 6.08 Å². The van der Waals surface area contributed by atoms with Crippen molar-refractivity contribution in [1.82, 2.24) is 5.32 Å². The van der Waals surface area contributed by atoms with Gasteiger partial charge in [0.25, 0.3) is 0 Å². The summed E-state index contributed by atoms with van der Waals surface area (Å²) in [6, 6.07) is 23.3. The Balaban J connectivity index is 1.88. The van der Waals surface area contributed by atoms with Crippen LogP contribution in [0, 0.1) is 0 Å². The fraction of sp³-hybridized carbons (Fsp3) is 0.559. The van der Waals surface area contributed by atoms with E-state index < -0.39 is 97.0 Å². The third-order valence-corrected chi connectivity index (χ3v) is 11.9. The predicted molar refractivity (Wildman–Crippen MR) is 282 cm³/mol. The quantitative estimate of drug-likeness (QED) is 0.0312. The molecule has 1 amide bonds. The van der Waals surface area contributed by atoms with Crippen molar-refractivity contribution < 1.29 is 71.4 Å². The summed E-state index contributed by atoms with van der Waals surface area (Å²) in [4.78, 5) is 83.4. The number of nitrogens with one attached hydrogen (secondary N) is 1. The van der Waals surface area contributed by atoms with Crippen LogP contribution < -0.4 is 5.32 Å². The average molecular weight is 1040 g/mol. The summed E-state index contributed by atoms with van der Waals surface area (Å²) in [6.07, 6.45) is 5.02. The summed E-state index contributed by atoms with van der Waals surface area (Å²) in [6.45, 7) is 14.3. The topological polar surface area (TPSA) is 198 Å². The van der Waals surface area contributed by atoms with E-state index in [1.165, 1.54) is 31.2 Å². The molecule has 3 aromatic rings. The van der Waals surface area contributed by atoms with Gasteiger partial charge in [-0.05, 0) is 110 Å². The van der Waals surface area contributed by atoms with Gasteiger partial charge in [0, 0.05) is 6.42 Å². The second-order valence-electron chi connectivity index (χ2n) is 20.8. The van der Waals surface area contributed by atoms with Crippen LogP contribution in [0.2, 0.25) is 0 Å². The van der Waals surface area contributed by atoms with E-state index in [9.17, 15) is 28.8 Å². The summed E-state index contributed by atoms with van der Waals surface area (Å²) in [7, 11) is 0. The lowest BCUT2D eigenvalue weighted by molar-refractivity contribution is -0.356. The molecule has 7 atom stereocenters. The van der Waals surface area contributed by atoms with Crippen LogP contribution in [0.1, 0.15) is 177 Å². The molecule has 0 aromatic heterocycles. The zero-order valence-corrected chi connectivity index (χ0v) is 45.5. The Kier molecular flexibility index (Phi) is 25.3. The van der Waals surface area contributed by atoms with Gasteiger partial charge in [0.15, 0.2) is 18.3 Å². The fourth-order valence-electron chi connectivity index (χ4n) is 8.08. The van der Waals surface area contributed by atoms with Gasteiger partial charge in [0.2, 0.25) is 11.7 Å². The fourth-order valence-corrected chi connectivity index (χ4v) is 8.08. The Morgan fingerprint density at radius 2 is 1.11 bits per heavy atom. The smallest absolute Gasteiger partial charge is 0.452 e. The van der Waals surface area contributed by atoms with Crippen LogP contribution in [-0.4, -0.2) is 103 Å². The first-order valence-corrected chi connectivity index (χ1v) is 26.5. The van der Waals surface area contributed by atoms with Crippen molar-refractivity contribution in [3.63, 3.8) is 0 Å². The molecule has 1 heterocycles. The second kappa shape index (κ2) is 30.9. The van der Waals surface area contributed by atoms with Crippen molar-refractivity contribution in [2.45, 2.75) is 199 Å². The number of benzene rings is 3. The second-order valence-corrected chi connectivity index (χ2v) is 20.8. The number of unbranched alkanes of at least 4 members (excludes halogenated alkanes) is 10. The van der Waals surface area contributed by atoms with Crippen LogP contribution in [0.4, 0.5) is 9.59 Å². The predicted octanol–water partition coefficient (Wildman–Crippen LogP) is 12.2. The summed E-state index contributed by atoms with van der Waals surface area (Å²) in [5, 5.41) is 3.07. The summed E-state index contributed by atoms with van der Waals surface area (Å²) in [5.41, 5.74) is -1.58. The molecular weight excluding hydrogens is 963 g/mol. The Hall–Kier alpha value is -6.26. The largest absolute Gasteiger partial charge is 0.509 e. The van der Waals surface area contributed by atoms with Gasteiger partial charge in [-0.15, -0.1) is 0 Å². The number of amides is 1. The number of esters is 3. The molecule has 412 valence electrons. The normalized spacial score (nSPS) is 19.5. The minimum absolute atomic E-state index is 0.0885. The van der Waals surface area contributed by atoms with E-state index in [-0.39, 0.29) is 29.0 Å². The maximum atomic E-state index is 14.3. The van der Waals surface area contributed by atoms with E-state index in [4.69, 9.17) is 42.6 Å². The molecule has 0 radical (unpaired) electrons. The van der Waals surface area contributed by atoms with Gasteiger partial charge in [-0.2, -0.15) is 0 Å².